The van der Waals surface area contributed by atoms with Crippen LogP contribution in [0.5, 0.6) is 0 Å². The lowest BCUT2D eigenvalue weighted by molar-refractivity contribution is -0.126. The molecule has 0 radical (unpaired) electrons. The van der Waals surface area contributed by atoms with Gasteiger partial charge in [-0.15, -0.1) is 0 Å². The van der Waals surface area contributed by atoms with E-state index in [1.807, 2.05) is 20.8 Å². The van der Waals surface area contributed by atoms with Crippen molar-refractivity contribution in [3.05, 3.63) is 12.8 Å². The van der Waals surface area contributed by atoms with Gasteiger partial charge in [-0.05, 0) is 5.41 Å². The molecule has 4 nitrogen and oxygen atoms in total. The molecule has 0 aromatic rings. The van der Waals surface area contributed by atoms with Crippen molar-refractivity contribution in [1.29, 1.82) is 0 Å². The van der Waals surface area contributed by atoms with Crippen LogP contribution in [0.3, 0.4) is 0 Å². The van der Waals surface area contributed by atoms with E-state index in [1.54, 1.807) is 0 Å². The Labute approximate surface area is 84.2 Å². The van der Waals surface area contributed by atoms with E-state index in [1.165, 1.54) is 16.0 Å². The Kier molecular flexibility index (Phi) is 2.64. The summed E-state index contributed by atoms with van der Waals surface area (Å²) >= 11 is 0. The van der Waals surface area contributed by atoms with E-state index >= 15 is 0 Å². The average molecular weight is 196 g/mol. The lowest BCUT2D eigenvalue weighted by Gasteiger charge is -2.24. The van der Waals surface area contributed by atoms with E-state index in [4.69, 9.17) is 0 Å². The maximum absolute atomic E-state index is 11.6. The van der Waals surface area contributed by atoms with Gasteiger partial charge in [0.15, 0.2) is 0 Å². The van der Waals surface area contributed by atoms with Gasteiger partial charge in [0.25, 0.3) is 5.91 Å². The summed E-state index contributed by atoms with van der Waals surface area (Å²) in [7, 11) is 0. The molecule has 3 amide bonds. The van der Waals surface area contributed by atoms with Gasteiger partial charge in [-0.1, -0.05) is 27.4 Å². The van der Waals surface area contributed by atoms with Crippen LogP contribution in [0, 0.1) is 5.41 Å². The maximum Gasteiger partial charge on any atom is 0.331 e. The molecule has 78 valence electrons. The van der Waals surface area contributed by atoms with Crippen LogP contribution in [-0.4, -0.2) is 34.8 Å². The molecule has 1 rings (SSSR count). The van der Waals surface area contributed by atoms with Crippen molar-refractivity contribution in [1.82, 2.24) is 9.80 Å². The van der Waals surface area contributed by atoms with E-state index in [0.29, 0.717) is 6.54 Å². The van der Waals surface area contributed by atoms with E-state index < -0.39 is 0 Å². The van der Waals surface area contributed by atoms with Crippen LogP contribution < -0.4 is 0 Å². The minimum Gasteiger partial charge on any atom is -0.292 e. The van der Waals surface area contributed by atoms with Gasteiger partial charge >= 0.3 is 6.03 Å². The summed E-state index contributed by atoms with van der Waals surface area (Å²) in [5.41, 5.74) is -0.0670. The van der Waals surface area contributed by atoms with Gasteiger partial charge in [0.2, 0.25) is 0 Å². The molecule has 0 saturated carbocycles. The fourth-order valence-electron chi connectivity index (χ4n) is 1.33. The first-order chi connectivity index (χ1) is 6.35. The van der Waals surface area contributed by atoms with Crippen LogP contribution in [0.2, 0.25) is 0 Å². The van der Waals surface area contributed by atoms with Gasteiger partial charge in [-0.2, -0.15) is 0 Å². The van der Waals surface area contributed by atoms with Gasteiger partial charge < -0.3 is 0 Å². The van der Waals surface area contributed by atoms with Crippen LogP contribution >= 0.6 is 0 Å². The van der Waals surface area contributed by atoms with Crippen molar-refractivity contribution in [3.63, 3.8) is 0 Å². The molecule has 0 bridgehead atoms. The maximum atomic E-state index is 11.6. The van der Waals surface area contributed by atoms with E-state index in [0.717, 1.165) is 0 Å². The SMILES string of the molecule is C=CN1CC(=O)N(CC(C)(C)C)C1=O. The molecule has 1 aliphatic rings. The first-order valence-corrected chi connectivity index (χ1v) is 4.59. The standard InChI is InChI=1S/C10H16N2O2/c1-5-11-6-8(13)12(9(11)14)7-10(2,3)4/h5H,1,6-7H2,2-4H3. The number of hydrogen-bond donors (Lipinski definition) is 0. The summed E-state index contributed by atoms with van der Waals surface area (Å²) in [5.74, 6) is -0.148. The summed E-state index contributed by atoms with van der Waals surface area (Å²) < 4.78 is 0. The average Bonchev–Trinajstić information content (AvgIpc) is 2.29. The summed E-state index contributed by atoms with van der Waals surface area (Å²) in [6, 6.07) is -0.264. The van der Waals surface area contributed by atoms with Gasteiger partial charge in [0.05, 0.1) is 0 Å². The molecule has 1 saturated heterocycles. The largest absolute Gasteiger partial charge is 0.331 e. The fourth-order valence-corrected chi connectivity index (χ4v) is 1.33. The monoisotopic (exact) mass is 196 g/mol. The van der Waals surface area contributed by atoms with Crippen LogP contribution in [0.25, 0.3) is 0 Å². The second kappa shape index (κ2) is 3.44. The normalized spacial score (nSPS) is 17.9. The Hall–Kier alpha value is -1.32. The minimum absolute atomic E-state index is 0.0670. The van der Waals surface area contributed by atoms with Crippen LogP contribution in [-0.2, 0) is 4.79 Å². The number of hydrogen-bond acceptors (Lipinski definition) is 2. The van der Waals surface area contributed by atoms with Gasteiger partial charge in [0.1, 0.15) is 6.54 Å². The van der Waals surface area contributed by atoms with Gasteiger partial charge in [0, 0.05) is 12.7 Å². The number of nitrogens with zero attached hydrogens (tertiary/aromatic N) is 2. The minimum atomic E-state index is -0.264. The highest BCUT2D eigenvalue weighted by Gasteiger charge is 2.36. The number of rotatable bonds is 2. The first-order valence-electron chi connectivity index (χ1n) is 4.59. The highest BCUT2D eigenvalue weighted by Crippen LogP contribution is 2.19. The first kappa shape index (κ1) is 10.8. The van der Waals surface area contributed by atoms with E-state index in [-0.39, 0.29) is 23.9 Å². The van der Waals surface area contributed by atoms with Crippen LogP contribution in [0.1, 0.15) is 20.8 Å². The second-order valence-corrected chi connectivity index (χ2v) is 4.63. The fraction of sp³-hybridized carbons (Fsp3) is 0.600. The third-order valence-electron chi connectivity index (χ3n) is 1.94. The number of amides is 3. The Bertz CT molecular complexity index is 278. The summed E-state index contributed by atoms with van der Waals surface area (Å²) in [5, 5.41) is 0. The molecular formula is C10H16N2O2. The second-order valence-electron chi connectivity index (χ2n) is 4.63. The van der Waals surface area contributed by atoms with Gasteiger partial charge in [-0.3, -0.25) is 14.6 Å². The summed E-state index contributed by atoms with van der Waals surface area (Å²) in [4.78, 5) is 25.6. The highest BCUT2D eigenvalue weighted by molar-refractivity contribution is 6.02. The molecule has 0 aromatic carbocycles. The van der Waals surface area contributed by atoms with Crippen molar-refractivity contribution >= 4 is 11.9 Å². The number of imide groups is 1. The number of carbonyl (C=O) groups is 2. The highest BCUT2D eigenvalue weighted by atomic mass is 16.2. The predicted octanol–water partition coefficient (Wildman–Crippen LogP) is 1.44. The van der Waals surface area contributed by atoms with Crippen molar-refractivity contribution < 1.29 is 9.59 Å². The molecule has 0 unspecified atom stereocenters. The molecule has 1 aliphatic heterocycles. The molecule has 0 N–H and O–H groups in total. The van der Waals surface area contributed by atoms with Crippen molar-refractivity contribution in [2.24, 2.45) is 5.41 Å². The number of carbonyl (C=O) groups excluding carboxylic acids is 2. The van der Waals surface area contributed by atoms with Crippen LogP contribution in [0.4, 0.5) is 4.79 Å². The third-order valence-corrected chi connectivity index (χ3v) is 1.94. The zero-order valence-electron chi connectivity index (χ0n) is 8.91. The molecule has 4 heteroatoms. The molecular weight excluding hydrogens is 180 g/mol. The Morgan fingerprint density at radius 2 is 2.00 bits per heavy atom. The lowest BCUT2D eigenvalue weighted by Crippen LogP contribution is -2.37. The van der Waals surface area contributed by atoms with Crippen molar-refractivity contribution in [2.45, 2.75) is 20.8 Å². The molecule has 0 spiro atoms. The van der Waals surface area contributed by atoms with Crippen molar-refractivity contribution in [3.8, 4) is 0 Å². The molecule has 0 aliphatic carbocycles. The lowest BCUT2D eigenvalue weighted by atomic mass is 9.96. The summed E-state index contributed by atoms with van der Waals surface area (Å²) in [6.45, 7) is 10.0. The Morgan fingerprint density at radius 1 is 1.43 bits per heavy atom. The summed E-state index contributed by atoms with van der Waals surface area (Å²) in [6.07, 6.45) is 1.39. The Balaban J connectivity index is 2.76. The zero-order valence-corrected chi connectivity index (χ0v) is 8.91. The molecule has 1 heterocycles. The van der Waals surface area contributed by atoms with Gasteiger partial charge in [-0.25, -0.2) is 4.79 Å². The predicted molar refractivity (Wildman–Crippen MR) is 53.5 cm³/mol. The van der Waals surface area contributed by atoms with Crippen LogP contribution in [0.15, 0.2) is 12.8 Å². The van der Waals surface area contributed by atoms with E-state index in [2.05, 4.69) is 6.58 Å². The topological polar surface area (TPSA) is 40.6 Å². The molecule has 1 fully saturated rings. The Morgan fingerprint density at radius 3 is 2.36 bits per heavy atom. The zero-order chi connectivity index (χ0) is 10.9. The molecule has 0 atom stereocenters. The number of urea groups is 1. The van der Waals surface area contributed by atoms with E-state index in [9.17, 15) is 9.59 Å². The van der Waals surface area contributed by atoms with Crippen molar-refractivity contribution in [2.75, 3.05) is 13.1 Å². The quantitative estimate of drug-likeness (QED) is 0.627. The molecule has 0 aromatic heterocycles. The third kappa shape index (κ3) is 2.13. The smallest absolute Gasteiger partial charge is 0.292 e. The molecule has 14 heavy (non-hydrogen) atoms.